The van der Waals surface area contributed by atoms with Gasteiger partial charge in [-0.3, -0.25) is 9.36 Å². The number of thioether (sulfide) groups is 1. The average Bonchev–Trinajstić information content (AvgIpc) is 3.45. The molecule has 32 heavy (non-hydrogen) atoms. The van der Waals surface area contributed by atoms with Crippen LogP contribution in [0.1, 0.15) is 16.3 Å². The minimum absolute atomic E-state index is 0.114. The molecular formula is C23H21FN4O2S2. The van der Waals surface area contributed by atoms with Gasteiger partial charge in [0.05, 0.1) is 12.9 Å². The van der Waals surface area contributed by atoms with Gasteiger partial charge < -0.3 is 10.1 Å². The van der Waals surface area contributed by atoms with Gasteiger partial charge in [-0.2, -0.15) is 0 Å². The summed E-state index contributed by atoms with van der Waals surface area (Å²) in [5, 5.41) is 14.1. The smallest absolute Gasteiger partial charge is 0.234 e. The molecular weight excluding hydrogens is 447 g/mol. The molecule has 0 aliphatic heterocycles. The minimum atomic E-state index is -0.354. The summed E-state index contributed by atoms with van der Waals surface area (Å²) in [4.78, 5) is 13.6. The van der Waals surface area contributed by atoms with E-state index in [2.05, 4.69) is 21.6 Å². The number of halogens is 1. The van der Waals surface area contributed by atoms with Gasteiger partial charge in [0.25, 0.3) is 0 Å². The van der Waals surface area contributed by atoms with Gasteiger partial charge in [-0.25, -0.2) is 4.39 Å². The Balaban J connectivity index is 1.53. The van der Waals surface area contributed by atoms with Crippen molar-refractivity contribution in [2.45, 2.75) is 18.5 Å². The number of methoxy groups -OCH3 is 1. The topological polar surface area (TPSA) is 69.0 Å². The van der Waals surface area contributed by atoms with Crippen LogP contribution in [0.2, 0.25) is 0 Å². The normalized spacial score (nSPS) is 10.8. The SMILES string of the molecule is COc1ccc(-n2c(Cc3cccs3)nnc2SCC(=O)Nc2ccc(C)c(F)c2)cc1. The number of ether oxygens (including phenoxy) is 1. The number of hydrogen-bond donors (Lipinski definition) is 1. The van der Waals surface area contributed by atoms with Crippen molar-refractivity contribution in [3.05, 3.63) is 82.1 Å². The summed E-state index contributed by atoms with van der Waals surface area (Å²) in [6.07, 6.45) is 0.631. The van der Waals surface area contributed by atoms with Crippen molar-refractivity contribution in [3.8, 4) is 11.4 Å². The van der Waals surface area contributed by atoms with Crippen molar-refractivity contribution in [1.29, 1.82) is 0 Å². The van der Waals surface area contributed by atoms with Crippen LogP contribution in [0.25, 0.3) is 5.69 Å². The standard InChI is InChI=1S/C23H21FN4O2S2/c1-15-5-6-16(12-20(15)24)25-22(29)14-32-23-27-26-21(13-19-4-3-11-31-19)28(23)17-7-9-18(30-2)10-8-17/h3-12H,13-14H2,1-2H3,(H,25,29). The third-order valence-electron chi connectivity index (χ3n) is 4.73. The number of anilines is 1. The first-order valence-electron chi connectivity index (χ1n) is 9.83. The highest BCUT2D eigenvalue weighted by Gasteiger charge is 2.17. The predicted molar refractivity (Wildman–Crippen MR) is 126 cm³/mol. The van der Waals surface area contributed by atoms with Gasteiger partial charge in [0.1, 0.15) is 17.4 Å². The molecule has 2 aromatic heterocycles. The van der Waals surface area contributed by atoms with E-state index >= 15 is 0 Å². The van der Waals surface area contributed by atoms with Crippen molar-refractivity contribution >= 4 is 34.7 Å². The summed E-state index contributed by atoms with van der Waals surface area (Å²) in [7, 11) is 1.62. The lowest BCUT2D eigenvalue weighted by Crippen LogP contribution is -2.15. The maximum absolute atomic E-state index is 13.7. The van der Waals surface area contributed by atoms with Crippen molar-refractivity contribution in [1.82, 2.24) is 14.8 Å². The fourth-order valence-corrected chi connectivity index (χ4v) is 4.54. The average molecular weight is 469 g/mol. The molecule has 0 saturated heterocycles. The summed E-state index contributed by atoms with van der Waals surface area (Å²) >= 11 is 2.93. The van der Waals surface area contributed by atoms with Crippen molar-refractivity contribution < 1.29 is 13.9 Å². The highest BCUT2D eigenvalue weighted by molar-refractivity contribution is 7.99. The number of carbonyl (C=O) groups is 1. The third-order valence-corrected chi connectivity index (χ3v) is 6.54. The van der Waals surface area contributed by atoms with E-state index in [9.17, 15) is 9.18 Å². The number of carbonyl (C=O) groups excluding carboxylic acids is 1. The Kier molecular flexibility index (Phi) is 6.87. The fraction of sp³-hybridized carbons (Fsp3) is 0.174. The molecule has 0 radical (unpaired) electrons. The molecule has 0 atom stereocenters. The number of amides is 1. The van der Waals surface area contributed by atoms with E-state index in [1.54, 1.807) is 37.5 Å². The number of aryl methyl sites for hydroxylation is 1. The van der Waals surface area contributed by atoms with Crippen LogP contribution in [0.3, 0.4) is 0 Å². The number of thiophene rings is 1. The monoisotopic (exact) mass is 468 g/mol. The number of nitrogens with zero attached hydrogens (tertiary/aromatic N) is 3. The van der Waals surface area contributed by atoms with E-state index in [0.717, 1.165) is 17.3 Å². The quantitative estimate of drug-likeness (QED) is 0.364. The first-order valence-corrected chi connectivity index (χ1v) is 11.7. The van der Waals surface area contributed by atoms with Crippen LogP contribution in [0.15, 0.2) is 65.1 Å². The van der Waals surface area contributed by atoms with Crippen molar-refractivity contribution in [2.75, 3.05) is 18.2 Å². The molecule has 0 fully saturated rings. The molecule has 6 nitrogen and oxygen atoms in total. The summed E-state index contributed by atoms with van der Waals surface area (Å²) < 4.78 is 21.0. The minimum Gasteiger partial charge on any atom is -0.497 e. The second-order valence-electron chi connectivity index (χ2n) is 6.99. The molecule has 4 aromatic rings. The lowest BCUT2D eigenvalue weighted by molar-refractivity contribution is -0.113. The van der Waals surface area contributed by atoms with E-state index in [1.165, 1.54) is 22.7 Å². The molecule has 1 N–H and O–H groups in total. The highest BCUT2D eigenvalue weighted by Crippen LogP contribution is 2.26. The van der Waals surface area contributed by atoms with Gasteiger partial charge in [0.2, 0.25) is 5.91 Å². The van der Waals surface area contributed by atoms with E-state index < -0.39 is 0 Å². The molecule has 2 heterocycles. The number of aromatic nitrogens is 3. The zero-order valence-electron chi connectivity index (χ0n) is 17.5. The summed E-state index contributed by atoms with van der Waals surface area (Å²) in [6.45, 7) is 1.68. The van der Waals surface area contributed by atoms with Gasteiger partial charge in [-0.1, -0.05) is 23.9 Å². The Morgan fingerprint density at radius 2 is 2.00 bits per heavy atom. The van der Waals surface area contributed by atoms with Gasteiger partial charge in [0.15, 0.2) is 5.16 Å². The van der Waals surface area contributed by atoms with Crippen LogP contribution in [-0.2, 0) is 11.2 Å². The Morgan fingerprint density at radius 1 is 1.19 bits per heavy atom. The van der Waals surface area contributed by atoms with Crippen LogP contribution >= 0.6 is 23.1 Å². The molecule has 0 aliphatic carbocycles. The Morgan fingerprint density at radius 3 is 2.69 bits per heavy atom. The zero-order chi connectivity index (χ0) is 22.5. The Bertz CT molecular complexity index is 1210. The molecule has 0 aliphatic rings. The fourth-order valence-electron chi connectivity index (χ4n) is 3.07. The maximum Gasteiger partial charge on any atom is 0.234 e. The number of rotatable bonds is 8. The first-order chi connectivity index (χ1) is 15.5. The van der Waals surface area contributed by atoms with Crippen LogP contribution in [-0.4, -0.2) is 33.5 Å². The Hall–Kier alpha value is -3.17. The zero-order valence-corrected chi connectivity index (χ0v) is 19.2. The third kappa shape index (κ3) is 5.17. The largest absolute Gasteiger partial charge is 0.497 e. The second-order valence-corrected chi connectivity index (χ2v) is 8.96. The van der Waals surface area contributed by atoms with Gasteiger partial charge in [0, 0.05) is 22.7 Å². The molecule has 4 rings (SSSR count). The molecule has 0 saturated carbocycles. The number of benzene rings is 2. The number of nitrogens with one attached hydrogen (secondary N) is 1. The lowest BCUT2D eigenvalue weighted by Gasteiger charge is -2.11. The summed E-state index contributed by atoms with van der Waals surface area (Å²) in [5.74, 6) is 1.04. The molecule has 0 spiro atoms. The summed E-state index contributed by atoms with van der Waals surface area (Å²) in [5.41, 5.74) is 1.84. The maximum atomic E-state index is 13.7. The predicted octanol–water partition coefficient (Wildman–Crippen LogP) is 5.11. The van der Waals surface area contributed by atoms with E-state index in [0.29, 0.717) is 22.8 Å². The molecule has 2 aromatic carbocycles. The molecule has 9 heteroatoms. The van der Waals surface area contributed by atoms with Crippen molar-refractivity contribution in [2.24, 2.45) is 0 Å². The highest BCUT2D eigenvalue weighted by atomic mass is 32.2. The van der Waals surface area contributed by atoms with Crippen LogP contribution < -0.4 is 10.1 Å². The van der Waals surface area contributed by atoms with Gasteiger partial charge >= 0.3 is 0 Å². The Labute approximate surface area is 193 Å². The van der Waals surface area contributed by atoms with E-state index in [-0.39, 0.29) is 17.5 Å². The molecule has 0 unspecified atom stereocenters. The molecule has 0 bridgehead atoms. The van der Waals surface area contributed by atoms with Crippen LogP contribution in [0.5, 0.6) is 5.75 Å². The summed E-state index contributed by atoms with van der Waals surface area (Å²) in [6, 6.07) is 16.3. The van der Waals surface area contributed by atoms with E-state index in [4.69, 9.17) is 4.74 Å². The second kappa shape index (κ2) is 9.97. The van der Waals surface area contributed by atoms with Crippen LogP contribution in [0.4, 0.5) is 10.1 Å². The lowest BCUT2D eigenvalue weighted by atomic mass is 10.2. The molecule has 1 amide bonds. The van der Waals surface area contributed by atoms with Crippen molar-refractivity contribution in [3.63, 3.8) is 0 Å². The first kappa shape index (κ1) is 22.0. The van der Waals surface area contributed by atoms with Gasteiger partial charge in [-0.05, 0) is 60.3 Å². The van der Waals surface area contributed by atoms with Gasteiger partial charge in [-0.15, -0.1) is 21.5 Å². The van der Waals surface area contributed by atoms with E-state index in [1.807, 2.05) is 40.3 Å². The number of hydrogen-bond acceptors (Lipinski definition) is 6. The van der Waals surface area contributed by atoms with Crippen LogP contribution in [0, 0.1) is 12.7 Å². The molecule has 164 valence electrons.